The van der Waals surface area contributed by atoms with Gasteiger partial charge >= 0.3 is 0 Å². The minimum absolute atomic E-state index is 0.111. The topological polar surface area (TPSA) is 53.6 Å². The zero-order valence-electron chi connectivity index (χ0n) is 19.4. The number of halogens is 2. The van der Waals surface area contributed by atoms with Crippen molar-refractivity contribution in [2.24, 2.45) is 16.6 Å². The predicted molar refractivity (Wildman–Crippen MR) is 125 cm³/mol. The Hall–Kier alpha value is -1.95. The van der Waals surface area contributed by atoms with Crippen molar-refractivity contribution < 1.29 is 8.78 Å². The molecule has 0 bridgehead atoms. The third kappa shape index (κ3) is 9.24. The highest BCUT2D eigenvalue weighted by Crippen LogP contribution is 2.21. The van der Waals surface area contributed by atoms with E-state index >= 15 is 0 Å². The van der Waals surface area contributed by atoms with Crippen molar-refractivity contribution in [2.75, 3.05) is 32.9 Å². The van der Waals surface area contributed by atoms with Crippen LogP contribution in [-0.4, -0.2) is 43.7 Å². The fraction of sp³-hybridized carbons (Fsp3) is 0.625. The number of hydrogen-bond acceptors (Lipinski definition) is 2. The van der Waals surface area contributed by atoms with Gasteiger partial charge in [-0.25, -0.2) is 13.8 Å². The van der Waals surface area contributed by atoms with E-state index in [1.165, 1.54) is 43.4 Å². The second-order valence-electron chi connectivity index (χ2n) is 8.06. The summed E-state index contributed by atoms with van der Waals surface area (Å²) in [6, 6.07) is 0. The van der Waals surface area contributed by atoms with Crippen LogP contribution >= 0.6 is 0 Å². The number of aliphatic imine (C=N–C) groups is 1. The molecule has 0 aromatic carbocycles. The summed E-state index contributed by atoms with van der Waals surface area (Å²) < 4.78 is 26.2. The average molecular weight is 423 g/mol. The lowest BCUT2D eigenvalue weighted by Gasteiger charge is -2.31. The van der Waals surface area contributed by atoms with Crippen molar-refractivity contribution >= 4 is 5.96 Å². The zero-order chi connectivity index (χ0) is 22.5. The third-order valence-corrected chi connectivity index (χ3v) is 5.60. The van der Waals surface area contributed by atoms with Gasteiger partial charge in [-0.3, -0.25) is 4.90 Å². The molecule has 1 rings (SSSR count). The van der Waals surface area contributed by atoms with Crippen molar-refractivity contribution in [3.63, 3.8) is 0 Å². The van der Waals surface area contributed by atoms with Gasteiger partial charge in [0.2, 0.25) is 0 Å². The van der Waals surface area contributed by atoms with E-state index < -0.39 is 12.5 Å². The lowest BCUT2D eigenvalue weighted by molar-refractivity contribution is 0.230. The van der Waals surface area contributed by atoms with Crippen LogP contribution in [0.1, 0.15) is 60.3 Å². The summed E-state index contributed by atoms with van der Waals surface area (Å²) >= 11 is 0. The molecule has 0 saturated heterocycles. The van der Waals surface area contributed by atoms with Gasteiger partial charge < -0.3 is 11.1 Å². The monoisotopic (exact) mass is 422 g/mol. The molecule has 1 aliphatic rings. The molecule has 1 aliphatic heterocycles. The summed E-state index contributed by atoms with van der Waals surface area (Å²) in [5.41, 5.74) is 9.27. The molecule has 1 atom stereocenters. The van der Waals surface area contributed by atoms with Gasteiger partial charge in [0.25, 0.3) is 0 Å². The molecule has 0 radical (unpaired) electrons. The number of nitrogens with one attached hydrogen (secondary N) is 1. The third-order valence-electron chi connectivity index (χ3n) is 5.60. The number of alkyl halides is 1. The molecule has 0 aliphatic carbocycles. The summed E-state index contributed by atoms with van der Waals surface area (Å²) in [5, 5.41) is 2.74. The Bertz CT molecular complexity index is 685. The van der Waals surface area contributed by atoms with Gasteiger partial charge in [-0.05, 0) is 56.8 Å². The maximum Gasteiger partial charge on any atom is 0.193 e. The summed E-state index contributed by atoms with van der Waals surface area (Å²) in [6.07, 6.45) is 10.3. The van der Waals surface area contributed by atoms with Crippen LogP contribution < -0.4 is 11.1 Å². The lowest BCUT2D eigenvalue weighted by atomic mass is 9.96. The van der Waals surface area contributed by atoms with Gasteiger partial charge in [-0.1, -0.05) is 44.4 Å². The second kappa shape index (κ2) is 14.1. The normalized spacial score (nSPS) is 18.8. The molecule has 0 amide bonds. The fourth-order valence-corrected chi connectivity index (χ4v) is 3.68. The van der Waals surface area contributed by atoms with Gasteiger partial charge in [0.1, 0.15) is 12.5 Å². The van der Waals surface area contributed by atoms with Crippen molar-refractivity contribution in [1.82, 2.24) is 10.2 Å². The molecule has 0 aromatic rings. The summed E-state index contributed by atoms with van der Waals surface area (Å²) in [6.45, 7) is 12.7. The Morgan fingerprint density at radius 2 is 2.07 bits per heavy atom. The smallest absolute Gasteiger partial charge is 0.193 e. The summed E-state index contributed by atoms with van der Waals surface area (Å²) in [5.74, 6) is 0.423. The van der Waals surface area contributed by atoms with Gasteiger partial charge in [0.15, 0.2) is 5.96 Å². The quantitative estimate of drug-likeness (QED) is 0.266. The molecule has 3 N–H and O–H groups in total. The first kappa shape index (κ1) is 26.1. The van der Waals surface area contributed by atoms with Crippen LogP contribution in [0.2, 0.25) is 0 Å². The number of allylic oxidation sites excluding steroid dienone is 3. The minimum atomic E-state index is -0.660. The predicted octanol–water partition coefficient (Wildman–Crippen LogP) is 5.41. The van der Waals surface area contributed by atoms with Crippen LogP contribution in [0.25, 0.3) is 0 Å². The van der Waals surface area contributed by atoms with Crippen LogP contribution in [-0.2, 0) is 0 Å². The van der Waals surface area contributed by atoms with E-state index in [1.807, 2.05) is 6.08 Å². The molecule has 0 saturated carbocycles. The molecule has 170 valence electrons. The van der Waals surface area contributed by atoms with Crippen LogP contribution in [0.4, 0.5) is 8.78 Å². The lowest BCUT2D eigenvalue weighted by Crippen LogP contribution is -2.35. The maximum absolute atomic E-state index is 13.7. The highest BCUT2D eigenvalue weighted by atomic mass is 19.1. The molecule has 0 fully saturated rings. The van der Waals surface area contributed by atoms with E-state index in [0.717, 1.165) is 32.0 Å². The maximum atomic E-state index is 13.7. The zero-order valence-corrected chi connectivity index (χ0v) is 19.4. The average Bonchev–Trinajstić information content (AvgIpc) is 2.70. The summed E-state index contributed by atoms with van der Waals surface area (Å²) in [4.78, 5) is 6.79. The Morgan fingerprint density at radius 3 is 2.67 bits per heavy atom. The minimum Gasteiger partial charge on any atom is -0.370 e. The standard InChI is InChI=1S/C24H40F2N4/c1-6-9-21(7-2)16-30-15-12-18(3)22(17-30)10-8-14-28-24(27)29-23(20(5)26)19(4)11-13-25/h8,10-11,21H,6-7,9,12-17H2,1-5H3,(H3,27,28,29)/b10-8-,19-11+,23-20+. The molecule has 1 heterocycles. The number of nitrogens with zero attached hydrogens (tertiary/aromatic N) is 2. The first-order valence-corrected chi connectivity index (χ1v) is 11.1. The first-order chi connectivity index (χ1) is 14.3. The second-order valence-corrected chi connectivity index (χ2v) is 8.06. The Labute approximate surface area is 181 Å². The molecule has 6 heteroatoms. The van der Waals surface area contributed by atoms with Gasteiger partial charge in [-0.15, -0.1) is 0 Å². The number of nitrogens with two attached hydrogens (primary N) is 1. The molecule has 0 spiro atoms. The number of rotatable bonds is 11. The number of hydrogen-bond donors (Lipinski definition) is 2. The van der Waals surface area contributed by atoms with Crippen molar-refractivity contribution in [1.29, 1.82) is 0 Å². The van der Waals surface area contributed by atoms with Crippen molar-refractivity contribution in [2.45, 2.75) is 60.3 Å². The van der Waals surface area contributed by atoms with Crippen LogP contribution in [0.15, 0.2) is 51.5 Å². The van der Waals surface area contributed by atoms with Crippen LogP contribution in [0.3, 0.4) is 0 Å². The van der Waals surface area contributed by atoms with Gasteiger partial charge in [-0.2, -0.15) is 0 Å². The first-order valence-electron chi connectivity index (χ1n) is 11.1. The SMILES string of the molecule is CCCC(CC)CN1CCC(C)=C(/C=C\CN=C(N)NC(/C(C)=C/CF)=C(\C)F)C1. The van der Waals surface area contributed by atoms with E-state index in [-0.39, 0.29) is 11.7 Å². The van der Waals surface area contributed by atoms with E-state index in [0.29, 0.717) is 12.1 Å². The molecule has 1 unspecified atom stereocenters. The molecular weight excluding hydrogens is 382 g/mol. The van der Waals surface area contributed by atoms with Gasteiger partial charge in [0.05, 0.1) is 12.2 Å². The van der Waals surface area contributed by atoms with Crippen molar-refractivity contribution in [3.8, 4) is 0 Å². The van der Waals surface area contributed by atoms with E-state index in [9.17, 15) is 8.78 Å². The Balaban J connectivity index is 2.66. The Morgan fingerprint density at radius 1 is 1.33 bits per heavy atom. The largest absolute Gasteiger partial charge is 0.370 e. The Kier molecular flexibility index (Phi) is 12.3. The van der Waals surface area contributed by atoms with Crippen LogP contribution in [0.5, 0.6) is 0 Å². The molecule has 4 nitrogen and oxygen atoms in total. The molecule has 0 aromatic heterocycles. The van der Waals surface area contributed by atoms with E-state index in [1.54, 1.807) is 6.92 Å². The van der Waals surface area contributed by atoms with Gasteiger partial charge in [0, 0.05) is 19.6 Å². The highest BCUT2D eigenvalue weighted by molar-refractivity contribution is 5.80. The summed E-state index contributed by atoms with van der Waals surface area (Å²) in [7, 11) is 0. The van der Waals surface area contributed by atoms with E-state index in [2.05, 4.69) is 42.1 Å². The highest BCUT2D eigenvalue weighted by Gasteiger charge is 2.18. The molecule has 30 heavy (non-hydrogen) atoms. The van der Waals surface area contributed by atoms with Crippen LogP contribution in [0, 0.1) is 5.92 Å². The van der Waals surface area contributed by atoms with Crippen molar-refractivity contribution in [3.05, 3.63) is 46.5 Å². The number of guanidine groups is 1. The van der Waals surface area contributed by atoms with E-state index in [4.69, 9.17) is 5.73 Å². The fourth-order valence-electron chi connectivity index (χ4n) is 3.68. The molecular formula is C24H40F2N4.